The Morgan fingerprint density at radius 2 is 1.82 bits per heavy atom. The molecule has 6 nitrogen and oxygen atoms in total. The lowest BCUT2D eigenvalue weighted by molar-refractivity contribution is 0.855. The fourth-order valence-corrected chi connectivity index (χ4v) is 3.29. The molecule has 2 aromatic carbocycles. The lowest BCUT2D eigenvalue weighted by Gasteiger charge is -2.08. The Balaban J connectivity index is 1.72. The minimum Gasteiger partial charge on any atom is -0.221 e. The van der Waals surface area contributed by atoms with Crippen LogP contribution in [-0.2, 0) is 0 Å². The molecule has 0 aliphatic carbocycles. The average Bonchev–Trinajstić information content (AvgIpc) is 3.27. The number of hydrogen-bond donors (Lipinski definition) is 0. The third-order valence-corrected chi connectivity index (χ3v) is 4.88. The van der Waals surface area contributed by atoms with Crippen molar-refractivity contribution in [2.45, 2.75) is 20.8 Å². The molecule has 0 fully saturated rings. The molecule has 2 heterocycles. The summed E-state index contributed by atoms with van der Waals surface area (Å²) in [5, 5.41) is 17.8. The number of aromatic nitrogens is 5. The molecule has 0 aliphatic heterocycles. The van der Waals surface area contributed by atoms with Gasteiger partial charge in [-0.3, -0.25) is 0 Å². The second-order valence-electron chi connectivity index (χ2n) is 6.60. The van der Waals surface area contributed by atoms with Crippen molar-refractivity contribution in [3.05, 3.63) is 82.4 Å². The summed E-state index contributed by atoms with van der Waals surface area (Å²) in [7, 11) is 0. The van der Waals surface area contributed by atoms with Gasteiger partial charge in [-0.05, 0) is 38.0 Å². The summed E-state index contributed by atoms with van der Waals surface area (Å²) in [5.74, 6) is 0.660. The zero-order valence-electron chi connectivity index (χ0n) is 15.8. The molecule has 0 amide bonds. The van der Waals surface area contributed by atoms with Crippen molar-refractivity contribution in [1.82, 2.24) is 24.7 Å². The molecule has 0 atom stereocenters. The second kappa shape index (κ2) is 7.40. The lowest BCUT2D eigenvalue weighted by atomic mass is 10.1. The van der Waals surface area contributed by atoms with E-state index < -0.39 is 0 Å². The minimum atomic E-state index is 0.518. The number of benzene rings is 2. The van der Waals surface area contributed by atoms with Gasteiger partial charge in [0.1, 0.15) is 11.5 Å². The van der Waals surface area contributed by atoms with Gasteiger partial charge in [-0.25, -0.2) is 4.68 Å². The Labute approximate surface area is 168 Å². The van der Waals surface area contributed by atoms with E-state index in [0.29, 0.717) is 11.0 Å². The molecule has 0 aliphatic rings. The molecule has 0 N–H and O–H groups in total. The summed E-state index contributed by atoms with van der Waals surface area (Å²) in [6.45, 7) is 6.00. The molecule has 0 unspecified atom stereocenters. The molecule has 0 bridgehead atoms. The van der Waals surface area contributed by atoms with Gasteiger partial charge in [-0.2, -0.15) is 14.9 Å². The Morgan fingerprint density at radius 3 is 2.61 bits per heavy atom. The van der Waals surface area contributed by atoms with Crippen LogP contribution < -0.4 is 0 Å². The molecule has 0 saturated carbocycles. The maximum absolute atomic E-state index is 6.65. The number of hydrogen-bond acceptors (Lipinski definition) is 4. The van der Waals surface area contributed by atoms with Gasteiger partial charge in [-0.15, -0.1) is 10.2 Å². The Bertz CT molecular complexity index is 1160. The molecular weight excluding hydrogens is 372 g/mol. The smallest absolute Gasteiger partial charge is 0.184 e. The number of rotatable bonds is 4. The van der Waals surface area contributed by atoms with Crippen LogP contribution in [0.25, 0.3) is 17.1 Å². The Morgan fingerprint density at radius 1 is 1.04 bits per heavy atom. The van der Waals surface area contributed by atoms with Crippen molar-refractivity contribution in [3.63, 3.8) is 0 Å². The van der Waals surface area contributed by atoms with Crippen LogP contribution in [0.2, 0.25) is 5.15 Å². The monoisotopic (exact) mass is 390 g/mol. The molecule has 28 heavy (non-hydrogen) atoms. The highest BCUT2D eigenvalue weighted by molar-refractivity contribution is 6.32. The quantitative estimate of drug-likeness (QED) is 0.479. The zero-order valence-corrected chi connectivity index (χ0v) is 16.6. The summed E-state index contributed by atoms with van der Waals surface area (Å²) in [4.78, 5) is 0. The molecule has 7 heteroatoms. The maximum Gasteiger partial charge on any atom is 0.184 e. The normalized spacial score (nSPS) is 11.4. The molecule has 4 rings (SSSR count). The van der Waals surface area contributed by atoms with Crippen LogP contribution in [-0.4, -0.2) is 30.9 Å². The largest absolute Gasteiger partial charge is 0.221 e. The zero-order chi connectivity index (χ0) is 19.7. The van der Waals surface area contributed by atoms with Gasteiger partial charge in [0.2, 0.25) is 0 Å². The summed E-state index contributed by atoms with van der Waals surface area (Å²) < 4.78 is 3.38. The predicted molar refractivity (Wildman–Crippen MR) is 111 cm³/mol. The van der Waals surface area contributed by atoms with Gasteiger partial charge in [0.25, 0.3) is 0 Å². The van der Waals surface area contributed by atoms with Gasteiger partial charge in [0.15, 0.2) is 5.82 Å². The Kier molecular flexibility index (Phi) is 4.79. The molecule has 0 radical (unpaired) electrons. The highest BCUT2D eigenvalue weighted by Crippen LogP contribution is 2.25. The first-order valence-electron chi connectivity index (χ1n) is 8.87. The second-order valence-corrected chi connectivity index (χ2v) is 6.96. The summed E-state index contributed by atoms with van der Waals surface area (Å²) in [5.41, 5.74) is 5.70. The lowest BCUT2D eigenvalue weighted by Crippen LogP contribution is -2.00. The first kappa shape index (κ1) is 18.1. The number of nitrogens with zero attached hydrogens (tertiary/aromatic N) is 6. The van der Waals surface area contributed by atoms with E-state index in [2.05, 4.69) is 38.6 Å². The summed E-state index contributed by atoms with van der Waals surface area (Å²) in [6.07, 6.45) is 3.26. The van der Waals surface area contributed by atoms with E-state index in [-0.39, 0.29) is 0 Å². The number of halogens is 1. The van der Waals surface area contributed by atoms with Crippen molar-refractivity contribution in [1.29, 1.82) is 0 Å². The number of aryl methyl sites for hydroxylation is 3. The maximum atomic E-state index is 6.65. The molecule has 0 spiro atoms. The van der Waals surface area contributed by atoms with Crippen molar-refractivity contribution < 1.29 is 0 Å². The first-order valence-corrected chi connectivity index (χ1v) is 9.25. The highest BCUT2D eigenvalue weighted by Gasteiger charge is 2.15. The van der Waals surface area contributed by atoms with Gasteiger partial charge in [0.05, 0.1) is 23.2 Å². The summed E-state index contributed by atoms with van der Waals surface area (Å²) in [6, 6.07) is 16.0. The van der Waals surface area contributed by atoms with Gasteiger partial charge >= 0.3 is 0 Å². The Hall–Kier alpha value is -3.25. The van der Waals surface area contributed by atoms with E-state index >= 15 is 0 Å². The highest BCUT2D eigenvalue weighted by atomic mass is 35.5. The van der Waals surface area contributed by atoms with E-state index in [1.807, 2.05) is 51.1 Å². The predicted octanol–water partition coefficient (Wildman–Crippen LogP) is 4.59. The fraction of sp³-hybridized carbons (Fsp3) is 0.143. The van der Waals surface area contributed by atoms with Gasteiger partial charge in [0, 0.05) is 5.56 Å². The van der Waals surface area contributed by atoms with E-state index in [1.165, 1.54) is 0 Å². The van der Waals surface area contributed by atoms with Crippen LogP contribution in [0.15, 0.2) is 60.0 Å². The van der Waals surface area contributed by atoms with E-state index in [0.717, 1.165) is 33.6 Å². The fourth-order valence-electron chi connectivity index (χ4n) is 2.98. The summed E-state index contributed by atoms with van der Waals surface area (Å²) >= 11 is 6.65. The van der Waals surface area contributed by atoms with Gasteiger partial charge < -0.3 is 0 Å². The van der Waals surface area contributed by atoms with Crippen LogP contribution in [0.3, 0.4) is 0 Å². The first-order chi connectivity index (χ1) is 13.5. The van der Waals surface area contributed by atoms with Crippen LogP contribution in [0.1, 0.15) is 22.4 Å². The molecule has 2 aromatic heterocycles. The van der Waals surface area contributed by atoms with Crippen LogP contribution >= 0.6 is 11.6 Å². The van der Waals surface area contributed by atoms with E-state index in [1.54, 1.807) is 21.9 Å². The van der Waals surface area contributed by atoms with Gasteiger partial charge in [-0.1, -0.05) is 54.1 Å². The molecule has 4 aromatic rings. The minimum absolute atomic E-state index is 0.518. The SMILES string of the molecule is Cc1ccc(C)c(-n2nc(C)c(/C=N\n3cnnc3-c3ccccc3)c2Cl)c1. The third kappa shape index (κ3) is 3.34. The van der Waals surface area contributed by atoms with Crippen LogP contribution in [0, 0.1) is 20.8 Å². The van der Waals surface area contributed by atoms with Crippen LogP contribution in [0.4, 0.5) is 0 Å². The standard InChI is InChI=1S/C21H19ClN6/c1-14-9-10-15(2)19(11-14)28-20(22)18(16(3)26-28)12-24-27-13-23-25-21(27)17-7-5-4-6-8-17/h4-13H,1-3H3/b24-12-. The van der Waals surface area contributed by atoms with Crippen LogP contribution in [0.5, 0.6) is 0 Å². The molecule has 140 valence electrons. The van der Waals surface area contributed by atoms with E-state index in [9.17, 15) is 0 Å². The van der Waals surface area contributed by atoms with Crippen molar-refractivity contribution in [3.8, 4) is 17.1 Å². The topological polar surface area (TPSA) is 60.9 Å². The third-order valence-electron chi connectivity index (χ3n) is 4.51. The van der Waals surface area contributed by atoms with Crippen molar-refractivity contribution in [2.24, 2.45) is 5.10 Å². The molecular formula is C21H19ClN6. The van der Waals surface area contributed by atoms with Crippen molar-refractivity contribution >= 4 is 17.8 Å². The molecule has 0 saturated heterocycles. The van der Waals surface area contributed by atoms with Crippen molar-refractivity contribution in [2.75, 3.05) is 0 Å². The van der Waals surface area contributed by atoms with E-state index in [4.69, 9.17) is 11.6 Å². The average molecular weight is 391 g/mol.